The van der Waals surface area contributed by atoms with Crippen LogP contribution in [0.4, 0.5) is 23.7 Å². The lowest BCUT2D eigenvalue weighted by molar-refractivity contribution is -0.137. The number of benzene rings is 2. The third-order valence-electron chi connectivity index (χ3n) is 6.27. The summed E-state index contributed by atoms with van der Waals surface area (Å²) in [6.45, 7) is 7.27. The molecule has 182 valence electrons. The van der Waals surface area contributed by atoms with Gasteiger partial charge in [-0.2, -0.15) is 13.2 Å². The minimum atomic E-state index is -4.52. The van der Waals surface area contributed by atoms with Gasteiger partial charge in [0.1, 0.15) is 5.60 Å². The Bertz CT molecular complexity index is 1100. The second kappa shape index (κ2) is 8.82. The minimum absolute atomic E-state index is 0.0446. The largest absolute Gasteiger partial charge is 0.416 e. The van der Waals surface area contributed by atoms with Gasteiger partial charge < -0.3 is 10.2 Å². The molecule has 2 aliphatic rings. The lowest BCUT2D eigenvalue weighted by atomic mass is 9.86. The van der Waals surface area contributed by atoms with Crippen LogP contribution in [-0.4, -0.2) is 29.6 Å². The fourth-order valence-electron chi connectivity index (χ4n) is 4.10. The van der Waals surface area contributed by atoms with E-state index in [4.69, 9.17) is 16.4 Å². The third-order valence-corrected chi connectivity index (χ3v) is 6.60. The molecule has 2 aromatic rings. The monoisotopic (exact) mass is 493 g/mol. The van der Waals surface area contributed by atoms with E-state index < -0.39 is 23.4 Å². The number of amides is 2. The summed E-state index contributed by atoms with van der Waals surface area (Å²) in [7, 11) is 0. The third kappa shape index (κ3) is 5.18. The summed E-state index contributed by atoms with van der Waals surface area (Å²) in [5.41, 5.74) is 4.75. The Morgan fingerprint density at radius 1 is 1.06 bits per heavy atom. The van der Waals surface area contributed by atoms with Crippen molar-refractivity contribution in [1.82, 2.24) is 10.4 Å². The Labute approximate surface area is 201 Å². The second-order valence-electron chi connectivity index (χ2n) is 9.76. The van der Waals surface area contributed by atoms with Crippen molar-refractivity contribution < 1.29 is 22.8 Å². The maximum Gasteiger partial charge on any atom is 0.416 e. The summed E-state index contributed by atoms with van der Waals surface area (Å²) in [6, 6.07) is 10.7. The molecule has 1 saturated heterocycles. The number of piperidine rings is 1. The fraction of sp³-hybridized carbons (Fsp3) is 0.400. The molecule has 34 heavy (non-hydrogen) atoms. The molecule has 2 N–H and O–H groups in total. The number of anilines is 1. The zero-order valence-electron chi connectivity index (χ0n) is 19.2. The van der Waals surface area contributed by atoms with Crippen molar-refractivity contribution >= 4 is 29.0 Å². The van der Waals surface area contributed by atoms with Crippen molar-refractivity contribution in [3.05, 3.63) is 70.3 Å². The normalized spacial score (nSPS) is 18.0. The van der Waals surface area contributed by atoms with Crippen LogP contribution in [0.1, 0.15) is 50.3 Å². The quantitative estimate of drug-likeness (QED) is 0.495. The van der Waals surface area contributed by atoms with Gasteiger partial charge in [0.2, 0.25) is 0 Å². The van der Waals surface area contributed by atoms with Gasteiger partial charge in [-0.25, -0.2) is 4.79 Å². The molecule has 2 aromatic carbocycles. The summed E-state index contributed by atoms with van der Waals surface area (Å²) in [5.74, 6) is 0. The minimum Gasteiger partial charge on any atom is -0.324 e. The van der Waals surface area contributed by atoms with E-state index in [1.165, 1.54) is 5.56 Å². The molecule has 2 aliphatic heterocycles. The molecule has 2 amide bonds. The highest BCUT2D eigenvalue weighted by Gasteiger charge is 2.40. The Morgan fingerprint density at radius 3 is 2.26 bits per heavy atom. The van der Waals surface area contributed by atoms with Crippen LogP contribution in [0.3, 0.4) is 0 Å². The summed E-state index contributed by atoms with van der Waals surface area (Å²) in [4.78, 5) is 20.2. The van der Waals surface area contributed by atoms with Crippen LogP contribution in [0.25, 0.3) is 5.70 Å². The Balaban J connectivity index is 1.40. The molecule has 0 aliphatic carbocycles. The van der Waals surface area contributed by atoms with Gasteiger partial charge >= 0.3 is 12.2 Å². The first-order valence-electron chi connectivity index (χ1n) is 11.1. The van der Waals surface area contributed by atoms with E-state index in [2.05, 4.69) is 61.9 Å². The van der Waals surface area contributed by atoms with Crippen molar-refractivity contribution in [2.45, 2.75) is 50.8 Å². The van der Waals surface area contributed by atoms with E-state index >= 15 is 0 Å². The number of carbonyl (C=O) groups excluding carboxylic acids is 1. The van der Waals surface area contributed by atoms with E-state index in [1.807, 2.05) is 0 Å². The maximum atomic E-state index is 13.0. The first-order chi connectivity index (χ1) is 15.9. The summed E-state index contributed by atoms with van der Waals surface area (Å²) >= 11 is 6.00. The number of hydrogen-bond acceptors (Lipinski definition) is 3. The fourth-order valence-corrected chi connectivity index (χ4v) is 4.26. The predicted molar refractivity (Wildman–Crippen MR) is 126 cm³/mol. The number of likely N-dealkylation sites (tertiary alicyclic amines) is 1. The molecular weight excluding hydrogens is 467 g/mol. The van der Waals surface area contributed by atoms with Crippen molar-refractivity contribution in [3.8, 4) is 0 Å². The first kappa shape index (κ1) is 24.4. The van der Waals surface area contributed by atoms with Gasteiger partial charge in [0.15, 0.2) is 0 Å². The highest BCUT2D eigenvalue weighted by molar-refractivity contribution is 6.33. The first-order valence-corrected chi connectivity index (χ1v) is 11.4. The average Bonchev–Trinajstić information content (AvgIpc) is 3.18. The van der Waals surface area contributed by atoms with E-state index in [0.717, 1.165) is 29.5 Å². The standard InChI is InChI=1S/C25H27ClF3N3O2/c1-23(2,3)17-6-4-16(5-7-17)21-15-24(34-31-21)10-12-32(13-11-24)22(33)30-20-14-18(25(27,28)29)8-9-19(20)26/h4-9,14-15,31H,10-13H2,1-3H3,(H,30,33). The van der Waals surface area contributed by atoms with Crippen LogP contribution in [0.5, 0.6) is 0 Å². The van der Waals surface area contributed by atoms with Crippen molar-refractivity contribution in [2.75, 3.05) is 18.4 Å². The number of carbonyl (C=O) groups is 1. The highest BCUT2D eigenvalue weighted by Crippen LogP contribution is 2.36. The summed E-state index contributed by atoms with van der Waals surface area (Å²) in [5, 5.41) is 2.55. The molecular formula is C25H27ClF3N3O2. The molecule has 5 nitrogen and oxygen atoms in total. The molecule has 0 atom stereocenters. The van der Waals surface area contributed by atoms with E-state index in [-0.39, 0.29) is 16.1 Å². The number of alkyl halides is 3. The van der Waals surface area contributed by atoms with Crippen LogP contribution in [0.2, 0.25) is 5.02 Å². The predicted octanol–water partition coefficient (Wildman–Crippen LogP) is 6.60. The lowest BCUT2D eigenvalue weighted by Gasteiger charge is -2.36. The summed E-state index contributed by atoms with van der Waals surface area (Å²) < 4.78 is 39.0. The number of hydrogen-bond donors (Lipinski definition) is 2. The highest BCUT2D eigenvalue weighted by atomic mass is 35.5. The average molecular weight is 494 g/mol. The van der Waals surface area contributed by atoms with Crippen molar-refractivity contribution in [3.63, 3.8) is 0 Å². The second-order valence-corrected chi connectivity index (χ2v) is 10.2. The number of urea groups is 1. The Kier molecular flexibility index (Phi) is 6.33. The molecule has 9 heteroatoms. The van der Waals surface area contributed by atoms with Gasteiger partial charge in [-0.1, -0.05) is 56.6 Å². The van der Waals surface area contributed by atoms with Gasteiger partial charge in [0.25, 0.3) is 0 Å². The topological polar surface area (TPSA) is 53.6 Å². The summed E-state index contributed by atoms with van der Waals surface area (Å²) in [6.07, 6.45) is -1.37. The van der Waals surface area contributed by atoms with Crippen LogP contribution < -0.4 is 10.8 Å². The molecule has 0 bridgehead atoms. The van der Waals surface area contributed by atoms with Crippen molar-refractivity contribution in [2.24, 2.45) is 0 Å². The van der Waals surface area contributed by atoms with E-state index in [0.29, 0.717) is 25.9 Å². The van der Waals surface area contributed by atoms with Gasteiger partial charge in [-0.05, 0) is 40.8 Å². The Morgan fingerprint density at radius 2 is 1.68 bits per heavy atom. The van der Waals surface area contributed by atoms with Crippen molar-refractivity contribution in [1.29, 1.82) is 0 Å². The maximum absolute atomic E-state index is 13.0. The zero-order valence-corrected chi connectivity index (χ0v) is 20.0. The van der Waals surface area contributed by atoms with Crippen LogP contribution in [-0.2, 0) is 16.4 Å². The van der Waals surface area contributed by atoms with Gasteiger partial charge in [-0.3, -0.25) is 10.3 Å². The molecule has 0 radical (unpaired) electrons. The number of halogens is 4. The zero-order chi connectivity index (χ0) is 24.7. The van der Waals surface area contributed by atoms with Gasteiger partial charge in [0.05, 0.1) is 22.0 Å². The van der Waals surface area contributed by atoms with Crippen LogP contribution in [0.15, 0.2) is 48.5 Å². The van der Waals surface area contributed by atoms with E-state index in [1.54, 1.807) is 4.90 Å². The SMILES string of the molecule is CC(C)(C)c1ccc(C2=CC3(CCN(C(=O)Nc4cc(C(F)(F)F)ccc4Cl)CC3)ON2)cc1. The Hall–Kier alpha value is -2.71. The number of hydroxylamine groups is 1. The van der Waals surface area contributed by atoms with E-state index in [9.17, 15) is 18.0 Å². The van der Waals surface area contributed by atoms with Gasteiger partial charge in [0, 0.05) is 25.9 Å². The number of nitrogens with one attached hydrogen (secondary N) is 2. The smallest absolute Gasteiger partial charge is 0.324 e. The molecule has 0 unspecified atom stereocenters. The van der Waals surface area contributed by atoms with Gasteiger partial charge in [-0.15, -0.1) is 0 Å². The number of rotatable bonds is 2. The molecule has 1 spiro atoms. The molecule has 0 saturated carbocycles. The molecule has 1 fully saturated rings. The number of nitrogens with zero attached hydrogens (tertiary/aromatic N) is 1. The van der Waals surface area contributed by atoms with Crippen LogP contribution in [0, 0.1) is 0 Å². The van der Waals surface area contributed by atoms with Crippen LogP contribution >= 0.6 is 11.6 Å². The molecule has 2 heterocycles. The lowest BCUT2D eigenvalue weighted by Crippen LogP contribution is -2.48. The molecule has 4 rings (SSSR count). The molecule has 0 aromatic heterocycles.